The fourth-order valence-electron chi connectivity index (χ4n) is 3.18. The summed E-state index contributed by atoms with van der Waals surface area (Å²) >= 11 is 0. The molecule has 0 aliphatic carbocycles. The van der Waals surface area contributed by atoms with E-state index >= 15 is 0 Å². The SMILES string of the molecule is COc1ccc(C=C(C)C(=O)c2cc(OC)c(OC)c(OC)c2OC)cc1N(C)C. The second-order valence-corrected chi connectivity index (χ2v) is 6.71. The summed E-state index contributed by atoms with van der Waals surface area (Å²) in [5.41, 5.74) is 2.63. The third kappa shape index (κ3) is 4.45. The van der Waals surface area contributed by atoms with E-state index in [1.54, 1.807) is 20.1 Å². The van der Waals surface area contributed by atoms with Crippen LogP contribution in [0.2, 0.25) is 0 Å². The average Bonchev–Trinajstić information content (AvgIpc) is 2.76. The quantitative estimate of drug-likeness (QED) is 0.452. The summed E-state index contributed by atoms with van der Waals surface area (Å²) in [7, 11) is 11.5. The van der Waals surface area contributed by atoms with Crippen LogP contribution in [0.3, 0.4) is 0 Å². The van der Waals surface area contributed by atoms with Crippen molar-refractivity contribution in [2.24, 2.45) is 0 Å². The van der Waals surface area contributed by atoms with Crippen LogP contribution >= 0.6 is 0 Å². The van der Waals surface area contributed by atoms with Gasteiger partial charge >= 0.3 is 0 Å². The van der Waals surface area contributed by atoms with Crippen LogP contribution in [0.1, 0.15) is 22.8 Å². The molecule has 0 fully saturated rings. The van der Waals surface area contributed by atoms with Gasteiger partial charge in [-0.3, -0.25) is 4.79 Å². The number of methoxy groups -OCH3 is 5. The predicted molar refractivity (Wildman–Crippen MR) is 118 cm³/mol. The molecule has 0 N–H and O–H groups in total. The Labute approximate surface area is 177 Å². The smallest absolute Gasteiger partial charge is 0.208 e. The Kier molecular flexibility index (Phi) is 7.58. The van der Waals surface area contributed by atoms with E-state index in [0.717, 1.165) is 17.0 Å². The molecule has 0 heterocycles. The van der Waals surface area contributed by atoms with Crippen molar-refractivity contribution in [3.63, 3.8) is 0 Å². The molecule has 0 aliphatic heterocycles. The maximum Gasteiger partial charge on any atom is 0.208 e. The highest BCUT2D eigenvalue weighted by atomic mass is 16.5. The summed E-state index contributed by atoms with van der Waals surface area (Å²) in [6.45, 7) is 1.75. The van der Waals surface area contributed by atoms with Gasteiger partial charge in [-0.25, -0.2) is 0 Å². The van der Waals surface area contributed by atoms with Gasteiger partial charge in [0.2, 0.25) is 11.5 Å². The molecular weight excluding hydrogens is 386 g/mol. The zero-order valence-electron chi connectivity index (χ0n) is 18.8. The minimum atomic E-state index is -0.215. The molecule has 162 valence electrons. The molecule has 30 heavy (non-hydrogen) atoms. The summed E-state index contributed by atoms with van der Waals surface area (Å²) in [5, 5.41) is 0. The monoisotopic (exact) mass is 415 g/mol. The molecule has 2 aromatic carbocycles. The van der Waals surface area contributed by atoms with Gasteiger partial charge in [0.15, 0.2) is 17.3 Å². The number of rotatable bonds is 9. The van der Waals surface area contributed by atoms with Crippen molar-refractivity contribution in [2.45, 2.75) is 6.92 Å². The Morgan fingerprint density at radius 1 is 0.800 bits per heavy atom. The molecule has 0 radical (unpaired) electrons. The van der Waals surface area contributed by atoms with E-state index in [2.05, 4.69) is 0 Å². The lowest BCUT2D eigenvalue weighted by atomic mass is 9.99. The van der Waals surface area contributed by atoms with Crippen LogP contribution in [0.5, 0.6) is 28.7 Å². The number of hydrogen-bond donors (Lipinski definition) is 0. The number of carbonyl (C=O) groups is 1. The number of Topliss-reactive ketones (excluding diaryl/α,β-unsaturated/α-hetero) is 1. The lowest BCUT2D eigenvalue weighted by Crippen LogP contribution is -2.10. The van der Waals surface area contributed by atoms with Crippen LogP contribution in [0.15, 0.2) is 29.8 Å². The first kappa shape index (κ1) is 22.9. The second kappa shape index (κ2) is 9.91. The van der Waals surface area contributed by atoms with Crippen molar-refractivity contribution in [3.05, 3.63) is 41.0 Å². The molecule has 0 unspecified atom stereocenters. The van der Waals surface area contributed by atoms with E-state index in [0.29, 0.717) is 28.4 Å². The Hall–Kier alpha value is -3.35. The number of hydrogen-bond acceptors (Lipinski definition) is 7. The number of allylic oxidation sites excluding steroid dienone is 1. The Morgan fingerprint density at radius 3 is 1.90 bits per heavy atom. The largest absolute Gasteiger partial charge is 0.495 e. The molecule has 2 aromatic rings. The number of anilines is 1. The topological polar surface area (TPSA) is 66.5 Å². The number of ether oxygens (including phenoxy) is 5. The average molecular weight is 415 g/mol. The van der Waals surface area contributed by atoms with Crippen molar-refractivity contribution in [1.29, 1.82) is 0 Å². The van der Waals surface area contributed by atoms with Gasteiger partial charge in [-0.2, -0.15) is 0 Å². The number of ketones is 1. The van der Waals surface area contributed by atoms with Gasteiger partial charge in [0.05, 0.1) is 46.8 Å². The van der Waals surface area contributed by atoms with Gasteiger partial charge in [-0.1, -0.05) is 6.07 Å². The third-order valence-electron chi connectivity index (χ3n) is 4.66. The van der Waals surface area contributed by atoms with Crippen LogP contribution in [-0.4, -0.2) is 55.4 Å². The highest BCUT2D eigenvalue weighted by molar-refractivity contribution is 6.13. The Morgan fingerprint density at radius 2 is 1.40 bits per heavy atom. The van der Waals surface area contributed by atoms with Gasteiger partial charge < -0.3 is 28.6 Å². The van der Waals surface area contributed by atoms with E-state index in [1.807, 2.05) is 43.3 Å². The molecule has 7 heteroatoms. The van der Waals surface area contributed by atoms with Crippen molar-refractivity contribution in [3.8, 4) is 28.7 Å². The lowest BCUT2D eigenvalue weighted by Gasteiger charge is -2.18. The number of nitrogens with zero attached hydrogens (tertiary/aromatic N) is 1. The Balaban J connectivity index is 2.56. The molecule has 0 spiro atoms. The first-order chi connectivity index (χ1) is 14.3. The van der Waals surface area contributed by atoms with Crippen molar-refractivity contribution in [1.82, 2.24) is 0 Å². The van der Waals surface area contributed by atoms with Crippen molar-refractivity contribution in [2.75, 3.05) is 54.5 Å². The van der Waals surface area contributed by atoms with E-state index in [9.17, 15) is 4.79 Å². The molecular formula is C23H29NO6. The summed E-state index contributed by atoms with van der Waals surface area (Å²) < 4.78 is 27.1. The van der Waals surface area contributed by atoms with Crippen LogP contribution in [0, 0.1) is 0 Å². The summed E-state index contributed by atoms with van der Waals surface area (Å²) in [6.07, 6.45) is 1.82. The predicted octanol–water partition coefficient (Wildman–Crippen LogP) is 4.08. The maximum atomic E-state index is 13.3. The van der Waals surface area contributed by atoms with Gasteiger partial charge in [-0.15, -0.1) is 0 Å². The maximum absolute atomic E-state index is 13.3. The fourth-order valence-corrected chi connectivity index (χ4v) is 3.18. The summed E-state index contributed by atoms with van der Waals surface area (Å²) in [6, 6.07) is 7.33. The summed E-state index contributed by atoms with van der Waals surface area (Å²) in [5.74, 6) is 1.87. The molecule has 0 saturated heterocycles. The van der Waals surface area contributed by atoms with Crippen molar-refractivity contribution >= 4 is 17.5 Å². The molecule has 7 nitrogen and oxygen atoms in total. The van der Waals surface area contributed by atoms with Crippen molar-refractivity contribution < 1.29 is 28.5 Å². The third-order valence-corrected chi connectivity index (χ3v) is 4.66. The number of benzene rings is 2. The minimum Gasteiger partial charge on any atom is -0.495 e. The van der Waals surface area contributed by atoms with Gasteiger partial charge in [0.25, 0.3) is 0 Å². The summed E-state index contributed by atoms with van der Waals surface area (Å²) in [4.78, 5) is 15.2. The molecule has 0 bridgehead atoms. The minimum absolute atomic E-state index is 0.215. The first-order valence-corrected chi connectivity index (χ1v) is 9.28. The van der Waals surface area contributed by atoms with Gasteiger partial charge in [0, 0.05) is 14.1 Å². The van der Waals surface area contributed by atoms with Gasteiger partial charge in [0.1, 0.15) is 5.75 Å². The van der Waals surface area contributed by atoms with Crippen LogP contribution in [0.4, 0.5) is 5.69 Å². The molecule has 0 amide bonds. The van der Waals surface area contributed by atoms with E-state index < -0.39 is 0 Å². The number of carbonyl (C=O) groups excluding carboxylic acids is 1. The molecule has 2 rings (SSSR count). The fraction of sp³-hybridized carbons (Fsp3) is 0.348. The van der Waals surface area contributed by atoms with E-state index in [1.165, 1.54) is 28.4 Å². The van der Waals surface area contributed by atoms with Gasteiger partial charge in [-0.05, 0) is 42.3 Å². The lowest BCUT2D eigenvalue weighted by molar-refractivity contribution is 0.103. The van der Waals surface area contributed by atoms with E-state index in [4.69, 9.17) is 23.7 Å². The van der Waals surface area contributed by atoms with Crippen LogP contribution in [-0.2, 0) is 0 Å². The zero-order chi connectivity index (χ0) is 22.4. The van der Waals surface area contributed by atoms with Crippen LogP contribution < -0.4 is 28.6 Å². The first-order valence-electron chi connectivity index (χ1n) is 9.28. The standard InChI is InChI=1S/C23H29NO6/c1-14(11-15-9-10-18(26-4)17(12-15)24(2)3)20(25)16-13-19(27-5)22(29-7)23(30-8)21(16)28-6/h9-13H,1-8H3. The molecule has 0 aliphatic rings. The normalized spacial score (nSPS) is 11.0. The molecule has 0 saturated carbocycles. The van der Waals surface area contributed by atoms with Crippen LogP contribution in [0.25, 0.3) is 6.08 Å². The highest BCUT2D eigenvalue weighted by Gasteiger charge is 2.25. The van der Waals surface area contributed by atoms with E-state index in [-0.39, 0.29) is 11.5 Å². The zero-order valence-corrected chi connectivity index (χ0v) is 18.8. The Bertz CT molecular complexity index is 949. The molecule has 0 atom stereocenters. The second-order valence-electron chi connectivity index (χ2n) is 6.71. The molecule has 0 aromatic heterocycles. The highest BCUT2D eigenvalue weighted by Crippen LogP contribution is 2.47.